The molecule has 11 heteroatoms. The van der Waals surface area contributed by atoms with Crippen molar-refractivity contribution in [2.75, 3.05) is 6.54 Å². The van der Waals surface area contributed by atoms with Gasteiger partial charge in [-0.25, -0.2) is 13.5 Å². The van der Waals surface area contributed by atoms with Crippen LogP contribution in [0.15, 0.2) is 24.8 Å². The molecule has 162 valence electrons. The highest BCUT2D eigenvalue weighted by Crippen LogP contribution is 2.37. The van der Waals surface area contributed by atoms with Crippen LogP contribution in [0, 0.1) is 5.95 Å². The van der Waals surface area contributed by atoms with Crippen LogP contribution in [0.25, 0.3) is 5.57 Å². The highest BCUT2D eigenvalue weighted by atomic mass is 35.5. The third kappa shape index (κ3) is 4.33. The number of carbonyl (C=O) groups is 1. The molecular formula is C19H16ClF6N3O. The lowest BCUT2D eigenvalue weighted by atomic mass is 10.0. The van der Waals surface area contributed by atoms with Crippen LogP contribution in [0.5, 0.6) is 0 Å². The smallest absolute Gasteiger partial charge is 0.331 e. The Bertz CT molecular complexity index is 997. The monoisotopic (exact) mass is 451 g/mol. The SMILES string of the molecule is C=C(CN(C(=O)c1c(C(F)F)nn(C)c1F)C1CC1)c1ccc(Cl)c(C(F)(F)F)c1. The molecule has 1 saturated carbocycles. The van der Waals surface area contributed by atoms with E-state index in [1.165, 1.54) is 6.07 Å². The van der Waals surface area contributed by atoms with Crippen LogP contribution in [0.4, 0.5) is 26.3 Å². The van der Waals surface area contributed by atoms with E-state index in [-0.39, 0.29) is 23.7 Å². The molecule has 1 amide bonds. The van der Waals surface area contributed by atoms with E-state index in [9.17, 15) is 31.1 Å². The van der Waals surface area contributed by atoms with Crippen molar-refractivity contribution in [2.24, 2.45) is 7.05 Å². The summed E-state index contributed by atoms with van der Waals surface area (Å²) in [4.78, 5) is 14.0. The minimum Gasteiger partial charge on any atom is -0.331 e. The van der Waals surface area contributed by atoms with Crippen molar-refractivity contribution >= 4 is 23.1 Å². The molecule has 0 spiro atoms. The summed E-state index contributed by atoms with van der Waals surface area (Å²) in [6, 6.07) is 2.82. The van der Waals surface area contributed by atoms with Gasteiger partial charge >= 0.3 is 6.18 Å². The van der Waals surface area contributed by atoms with Crippen molar-refractivity contribution in [2.45, 2.75) is 31.5 Å². The van der Waals surface area contributed by atoms with E-state index in [1.807, 2.05) is 0 Å². The maximum absolute atomic E-state index is 14.3. The van der Waals surface area contributed by atoms with Crippen LogP contribution in [-0.2, 0) is 13.2 Å². The molecule has 0 N–H and O–H groups in total. The fourth-order valence-electron chi connectivity index (χ4n) is 3.03. The third-order valence-corrected chi connectivity index (χ3v) is 5.04. The van der Waals surface area contributed by atoms with Gasteiger partial charge in [0.15, 0.2) is 0 Å². The van der Waals surface area contributed by atoms with Crippen LogP contribution in [0.3, 0.4) is 0 Å². The number of rotatable bonds is 6. The fraction of sp³-hybridized carbons (Fsp3) is 0.368. The van der Waals surface area contributed by atoms with E-state index in [0.717, 1.165) is 24.1 Å². The van der Waals surface area contributed by atoms with Gasteiger partial charge in [-0.15, -0.1) is 0 Å². The number of amides is 1. The number of halogens is 7. The molecule has 1 fully saturated rings. The number of hydrogen-bond acceptors (Lipinski definition) is 2. The molecule has 0 unspecified atom stereocenters. The molecule has 1 aromatic heterocycles. The van der Waals surface area contributed by atoms with Crippen molar-refractivity contribution in [3.05, 3.63) is 58.1 Å². The predicted molar refractivity (Wildman–Crippen MR) is 97.7 cm³/mol. The largest absolute Gasteiger partial charge is 0.417 e. The Morgan fingerprint density at radius 1 is 1.37 bits per heavy atom. The van der Waals surface area contributed by atoms with E-state index in [1.54, 1.807) is 0 Å². The van der Waals surface area contributed by atoms with Gasteiger partial charge in [0.2, 0.25) is 5.95 Å². The molecule has 0 radical (unpaired) electrons. The van der Waals surface area contributed by atoms with Gasteiger partial charge in [-0.1, -0.05) is 24.2 Å². The van der Waals surface area contributed by atoms with E-state index < -0.39 is 46.3 Å². The summed E-state index contributed by atoms with van der Waals surface area (Å²) in [7, 11) is 1.09. The molecule has 30 heavy (non-hydrogen) atoms. The lowest BCUT2D eigenvalue weighted by molar-refractivity contribution is -0.137. The Kier molecular flexibility index (Phi) is 5.90. The van der Waals surface area contributed by atoms with Gasteiger partial charge in [0.05, 0.1) is 10.6 Å². The van der Waals surface area contributed by atoms with Gasteiger partial charge in [-0.2, -0.15) is 22.7 Å². The number of hydrogen-bond donors (Lipinski definition) is 0. The average molecular weight is 452 g/mol. The maximum Gasteiger partial charge on any atom is 0.417 e. The van der Waals surface area contributed by atoms with Crippen LogP contribution >= 0.6 is 11.6 Å². The zero-order chi connectivity index (χ0) is 22.4. The molecule has 3 rings (SSSR count). The summed E-state index contributed by atoms with van der Waals surface area (Å²) in [5.41, 5.74) is -2.70. The van der Waals surface area contributed by atoms with Crippen LogP contribution in [0.1, 0.15) is 46.4 Å². The van der Waals surface area contributed by atoms with Crippen LogP contribution in [0.2, 0.25) is 5.02 Å². The Morgan fingerprint density at radius 2 is 2.00 bits per heavy atom. The normalized spacial score (nSPS) is 14.3. The first kappa shape index (κ1) is 22.2. The second kappa shape index (κ2) is 7.98. The van der Waals surface area contributed by atoms with Crippen LogP contribution in [-0.4, -0.2) is 33.2 Å². The molecule has 0 bridgehead atoms. The minimum atomic E-state index is -4.69. The highest BCUT2D eigenvalue weighted by molar-refractivity contribution is 6.31. The molecule has 4 nitrogen and oxygen atoms in total. The molecule has 0 aliphatic heterocycles. The summed E-state index contributed by atoms with van der Waals surface area (Å²) < 4.78 is 80.7. The molecule has 1 aromatic carbocycles. The minimum absolute atomic E-state index is 0.0749. The number of nitrogens with zero attached hydrogens (tertiary/aromatic N) is 3. The molecule has 1 heterocycles. The first-order valence-corrected chi connectivity index (χ1v) is 9.16. The maximum atomic E-state index is 14.3. The Hall–Kier alpha value is -2.49. The summed E-state index contributed by atoms with van der Waals surface area (Å²) >= 11 is 5.61. The summed E-state index contributed by atoms with van der Waals surface area (Å²) in [6.45, 7) is 3.46. The Labute approximate surface area is 172 Å². The molecular weight excluding hydrogens is 436 g/mol. The first-order chi connectivity index (χ1) is 13.9. The van der Waals surface area contributed by atoms with Crippen molar-refractivity contribution in [3.8, 4) is 0 Å². The van der Waals surface area contributed by atoms with Gasteiger partial charge in [-0.05, 0) is 36.1 Å². The zero-order valence-electron chi connectivity index (χ0n) is 15.6. The summed E-state index contributed by atoms with van der Waals surface area (Å²) in [5, 5.41) is 2.87. The van der Waals surface area contributed by atoms with E-state index in [4.69, 9.17) is 11.6 Å². The predicted octanol–water partition coefficient (Wildman–Crippen LogP) is 5.49. The molecule has 2 aromatic rings. The average Bonchev–Trinajstić information content (AvgIpc) is 3.44. The second-order valence-corrected chi connectivity index (χ2v) is 7.34. The standard InChI is InChI=1S/C19H16ClF6N3O/c1-9(10-3-6-13(20)12(7-10)19(24,25)26)8-29(11-4-5-11)18(30)14-15(16(21)22)27-28(2)17(14)23/h3,6-7,11,16H,1,4-5,8H2,2H3. The molecule has 1 aliphatic rings. The molecule has 1 aliphatic carbocycles. The van der Waals surface area contributed by atoms with Crippen molar-refractivity contribution < 1.29 is 31.1 Å². The Morgan fingerprint density at radius 3 is 2.53 bits per heavy atom. The van der Waals surface area contributed by atoms with Crippen LogP contribution < -0.4 is 0 Å². The highest BCUT2D eigenvalue weighted by Gasteiger charge is 2.39. The van der Waals surface area contributed by atoms with Crippen molar-refractivity contribution in [3.63, 3.8) is 0 Å². The van der Waals surface area contributed by atoms with E-state index >= 15 is 0 Å². The number of benzene rings is 1. The summed E-state index contributed by atoms with van der Waals surface area (Å²) in [6.07, 6.45) is -6.75. The quantitative estimate of drug-likeness (QED) is 0.545. The molecule has 0 atom stereocenters. The number of carbonyl (C=O) groups excluding carboxylic acids is 1. The lowest BCUT2D eigenvalue weighted by Crippen LogP contribution is -2.35. The fourth-order valence-corrected chi connectivity index (χ4v) is 3.25. The number of alkyl halides is 5. The van der Waals surface area contributed by atoms with Crippen molar-refractivity contribution in [1.82, 2.24) is 14.7 Å². The zero-order valence-corrected chi connectivity index (χ0v) is 16.4. The van der Waals surface area contributed by atoms with Gasteiger partial charge in [0.25, 0.3) is 12.3 Å². The van der Waals surface area contributed by atoms with E-state index in [2.05, 4.69) is 11.7 Å². The van der Waals surface area contributed by atoms with E-state index in [0.29, 0.717) is 17.5 Å². The van der Waals surface area contributed by atoms with Gasteiger partial charge in [-0.3, -0.25) is 4.79 Å². The van der Waals surface area contributed by atoms with Gasteiger partial charge < -0.3 is 4.90 Å². The number of aryl methyl sites for hydroxylation is 1. The second-order valence-electron chi connectivity index (χ2n) is 6.94. The molecule has 0 saturated heterocycles. The third-order valence-electron chi connectivity index (χ3n) is 4.71. The van der Waals surface area contributed by atoms with Gasteiger partial charge in [0, 0.05) is 19.6 Å². The number of aromatic nitrogens is 2. The topological polar surface area (TPSA) is 38.1 Å². The van der Waals surface area contributed by atoms with Gasteiger partial charge in [0.1, 0.15) is 11.3 Å². The summed E-state index contributed by atoms with van der Waals surface area (Å²) in [5.74, 6) is -2.22. The lowest BCUT2D eigenvalue weighted by Gasteiger charge is -2.24. The van der Waals surface area contributed by atoms with Crippen molar-refractivity contribution in [1.29, 1.82) is 0 Å². The first-order valence-electron chi connectivity index (χ1n) is 8.78. The Balaban J connectivity index is 1.91.